The van der Waals surface area contributed by atoms with Crippen molar-refractivity contribution in [3.63, 3.8) is 0 Å². The van der Waals surface area contributed by atoms with Crippen molar-refractivity contribution in [1.29, 1.82) is 0 Å². The first-order valence-corrected chi connectivity index (χ1v) is 4.68. The minimum Gasteiger partial charge on any atom is -0.396 e. The molecule has 1 aromatic rings. The van der Waals surface area contributed by atoms with Crippen molar-refractivity contribution in [3.05, 3.63) is 22.5 Å². The summed E-state index contributed by atoms with van der Waals surface area (Å²) >= 11 is 0. The molecular formula is C8H12N4O4. The van der Waals surface area contributed by atoms with Crippen molar-refractivity contribution in [2.24, 2.45) is 0 Å². The van der Waals surface area contributed by atoms with Gasteiger partial charge in [0.2, 0.25) is 0 Å². The van der Waals surface area contributed by atoms with Crippen molar-refractivity contribution in [3.8, 4) is 0 Å². The van der Waals surface area contributed by atoms with Crippen LogP contribution in [-0.4, -0.2) is 38.6 Å². The number of aliphatic hydroxyl groups is 1. The lowest BCUT2D eigenvalue weighted by molar-refractivity contribution is -0.396. The summed E-state index contributed by atoms with van der Waals surface area (Å²) in [7, 11) is 0. The average molecular weight is 228 g/mol. The van der Waals surface area contributed by atoms with E-state index < -0.39 is 4.92 Å². The Morgan fingerprint density at radius 1 is 1.69 bits per heavy atom. The molecule has 0 fully saturated rings. The average Bonchev–Trinajstić information content (AvgIpc) is 2.66. The van der Waals surface area contributed by atoms with Gasteiger partial charge >= 0.3 is 5.95 Å². The number of nitrogens with zero attached hydrogens (tertiary/aromatic N) is 3. The van der Waals surface area contributed by atoms with Gasteiger partial charge in [-0.25, -0.2) is 4.57 Å². The van der Waals surface area contributed by atoms with E-state index in [9.17, 15) is 14.9 Å². The normalized spacial score (nSPS) is 10.1. The predicted molar refractivity (Wildman–Crippen MR) is 53.6 cm³/mol. The Morgan fingerprint density at radius 2 is 2.44 bits per heavy atom. The van der Waals surface area contributed by atoms with E-state index in [0.29, 0.717) is 13.0 Å². The molecule has 1 rings (SSSR count). The number of nitrogens with one attached hydrogen (secondary N) is 1. The molecule has 0 aliphatic heterocycles. The van der Waals surface area contributed by atoms with Crippen LogP contribution in [0.2, 0.25) is 0 Å². The molecule has 0 spiro atoms. The van der Waals surface area contributed by atoms with E-state index >= 15 is 0 Å². The molecule has 1 heterocycles. The van der Waals surface area contributed by atoms with Crippen LogP contribution in [0.4, 0.5) is 5.95 Å². The Hall–Kier alpha value is -1.96. The smallest absolute Gasteiger partial charge is 0.396 e. The van der Waals surface area contributed by atoms with Gasteiger partial charge in [0.15, 0.2) is 6.54 Å². The monoisotopic (exact) mass is 228 g/mol. The third kappa shape index (κ3) is 3.31. The van der Waals surface area contributed by atoms with E-state index in [-0.39, 0.29) is 25.0 Å². The van der Waals surface area contributed by atoms with E-state index in [4.69, 9.17) is 5.11 Å². The summed E-state index contributed by atoms with van der Waals surface area (Å²) in [5.74, 6) is -0.716. The molecule has 8 heteroatoms. The van der Waals surface area contributed by atoms with Gasteiger partial charge in [-0.15, -0.1) is 0 Å². The van der Waals surface area contributed by atoms with Crippen molar-refractivity contribution in [1.82, 2.24) is 14.9 Å². The molecular weight excluding hydrogens is 216 g/mol. The Morgan fingerprint density at radius 3 is 3.06 bits per heavy atom. The highest BCUT2D eigenvalue weighted by Gasteiger charge is 2.16. The Kier molecular flexibility index (Phi) is 4.40. The molecule has 0 saturated carbocycles. The standard InChI is InChI=1S/C8H12N4O4/c13-5-1-2-9-7(14)6-11-4-3-10-8(11)12(15)16/h3-4,13H,1-2,5-6H2,(H,9,14). The SMILES string of the molecule is O=C(Cn1ccnc1[N+](=O)[O-])NCCCO. The van der Waals surface area contributed by atoms with E-state index in [1.807, 2.05) is 0 Å². The highest BCUT2D eigenvalue weighted by molar-refractivity contribution is 5.75. The Balaban J connectivity index is 2.49. The topological polar surface area (TPSA) is 110 Å². The van der Waals surface area contributed by atoms with Crippen LogP contribution < -0.4 is 5.32 Å². The van der Waals surface area contributed by atoms with Crippen molar-refractivity contribution in [2.45, 2.75) is 13.0 Å². The summed E-state index contributed by atoms with van der Waals surface area (Å²) in [5.41, 5.74) is 0. The van der Waals surface area contributed by atoms with Gasteiger partial charge in [0.25, 0.3) is 5.91 Å². The molecule has 0 atom stereocenters. The predicted octanol–water partition coefficient (Wildman–Crippen LogP) is -0.710. The zero-order valence-electron chi connectivity index (χ0n) is 8.50. The van der Waals surface area contributed by atoms with E-state index in [2.05, 4.69) is 10.3 Å². The van der Waals surface area contributed by atoms with Crippen LogP contribution >= 0.6 is 0 Å². The fourth-order valence-electron chi connectivity index (χ4n) is 1.11. The second kappa shape index (κ2) is 5.81. The lowest BCUT2D eigenvalue weighted by atomic mass is 10.4. The molecule has 0 saturated heterocycles. The molecule has 1 aromatic heterocycles. The maximum Gasteiger partial charge on any atom is 0.435 e. The molecule has 88 valence electrons. The van der Waals surface area contributed by atoms with Gasteiger partial charge in [-0.3, -0.25) is 4.79 Å². The number of carbonyl (C=O) groups is 1. The van der Waals surface area contributed by atoms with Gasteiger partial charge in [-0.2, -0.15) is 0 Å². The maximum atomic E-state index is 11.3. The minimum absolute atomic E-state index is 0.00843. The van der Waals surface area contributed by atoms with Gasteiger partial charge in [-0.05, 0) is 11.3 Å². The summed E-state index contributed by atoms with van der Waals surface area (Å²) in [6, 6.07) is 0. The molecule has 0 radical (unpaired) electrons. The number of hydrogen-bond acceptors (Lipinski definition) is 5. The van der Waals surface area contributed by atoms with Crippen LogP contribution in [-0.2, 0) is 11.3 Å². The molecule has 0 aliphatic carbocycles. The molecule has 8 nitrogen and oxygen atoms in total. The third-order valence-corrected chi connectivity index (χ3v) is 1.83. The van der Waals surface area contributed by atoms with Crippen LogP contribution in [0.3, 0.4) is 0 Å². The highest BCUT2D eigenvalue weighted by Crippen LogP contribution is 2.06. The first kappa shape index (κ1) is 12.1. The largest absolute Gasteiger partial charge is 0.435 e. The molecule has 2 N–H and O–H groups in total. The van der Waals surface area contributed by atoms with Crippen LogP contribution in [0.1, 0.15) is 6.42 Å². The lowest BCUT2D eigenvalue weighted by Crippen LogP contribution is -2.29. The van der Waals surface area contributed by atoms with Gasteiger partial charge in [0.05, 0.1) is 0 Å². The molecule has 0 unspecified atom stereocenters. The van der Waals surface area contributed by atoms with E-state index in [1.54, 1.807) is 0 Å². The first-order chi connectivity index (χ1) is 7.65. The molecule has 0 bridgehead atoms. The van der Waals surface area contributed by atoms with Gasteiger partial charge in [0.1, 0.15) is 12.4 Å². The number of nitro groups is 1. The summed E-state index contributed by atoms with van der Waals surface area (Å²) in [6.07, 6.45) is 3.08. The van der Waals surface area contributed by atoms with Crippen LogP contribution in [0.15, 0.2) is 12.4 Å². The lowest BCUT2D eigenvalue weighted by Gasteiger charge is -2.03. The maximum absolute atomic E-state index is 11.3. The first-order valence-electron chi connectivity index (χ1n) is 4.68. The molecule has 0 aliphatic rings. The Labute approximate surface area is 91.1 Å². The van der Waals surface area contributed by atoms with Gasteiger partial charge in [-0.1, -0.05) is 4.98 Å². The summed E-state index contributed by atoms with van der Waals surface area (Å²) < 4.78 is 1.15. The zero-order valence-corrected chi connectivity index (χ0v) is 8.50. The van der Waals surface area contributed by atoms with E-state index in [0.717, 1.165) is 4.57 Å². The fraction of sp³-hybridized carbons (Fsp3) is 0.500. The number of aliphatic hydroxyl groups excluding tert-OH is 1. The summed E-state index contributed by atoms with van der Waals surface area (Å²) in [6.45, 7) is 0.186. The minimum atomic E-state index is -0.652. The van der Waals surface area contributed by atoms with Crippen molar-refractivity contribution >= 4 is 11.9 Å². The number of hydrogen-bond donors (Lipinski definition) is 2. The zero-order chi connectivity index (χ0) is 12.0. The number of amides is 1. The van der Waals surface area contributed by atoms with Gasteiger partial charge in [0, 0.05) is 13.2 Å². The highest BCUT2D eigenvalue weighted by atomic mass is 16.6. The molecule has 16 heavy (non-hydrogen) atoms. The van der Waals surface area contributed by atoms with Crippen LogP contribution in [0.5, 0.6) is 0 Å². The third-order valence-electron chi connectivity index (χ3n) is 1.83. The number of aromatic nitrogens is 2. The number of carbonyl (C=O) groups excluding carboxylic acids is 1. The number of imidazole rings is 1. The Bertz CT molecular complexity index is 376. The second-order valence-corrected chi connectivity index (χ2v) is 3.04. The quantitative estimate of drug-likeness (QED) is 0.379. The van der Waals surface area contributed by atoms with E-state index in [1.165, 1.54) is 12.4 Å². The molecule has 1 amide bonds. The number of rotatable bonds is 6. The second-order valence-electron chi connectivity index (χ2n) is 3.04. The van der Waals surface area contributed by atoms with Crippen molar-refractivity contribution in [2.75, 3.05) is 13.2 Å². The summed E-state index contributed by atoms with van der Waals surface area (Å²) in [5, 5.41) is 21.5. The van der Waals surface area contributed by atoms with Gasteiger partial charge < -0.3 is 20.5 Å². The van der Waals surface area contributed by atoms with Crippen LogP contribution in [0.25, 0.3) is 0 Å². The van der Waals surface area contributed by atoms with Crippen LogP contribution in [0, 0.1) is 10.1 Å². The van der Waals surface area contributed by atoms with Crippen molar-refractivity contribution < 1.29 is 14.8 Å². The summed E-state index contributed by atoms with van der Waals surface area (Å²) in [4.78, 5) is 24.6. The molecule has 0 aromatic carbocycles. The fourth-order valence-corrected chi connectivity index (χ4v) is 1.11.